The van der Waals surface area contributed by atoms with Crippen LogP contribution in [-0.2, 0) is 0 Å². The first-order valence-electron chi connectivity index (χ1n) is 7.21. The molecule has 5 nitrogen and oxygen atoms in total. The summed E-state index contributed by atoms with van der Waals surface area (Å²) in [5.74, 6) is 0.0572. The zero-order chi connectivity index (χ0) is 15.7. The highest BCUT2D eigenvalue weighted by atomic mass is 79.9. The molecule has 1 aliphatic carbocycles. The maximum absolute atomic E-state index is 12.5. The van der Waals surface area contributed by atoms with Crippen molar-refractivity contribution in [3.63, 3.8) is 0 Å². The Bertz CT molecular complexity index is 791. The maximum Gasteiger partial charge on any atom is 0.257 e. The molecule has 22 heavy (non-hydrogen) atoms. The van der Waals surface area contributed by atoms with Gasteiger partial charge in [0.15, 0.2) is 0 Å². The average molecular weight is 361 g/mol. The number of nitrogens with one attached hydrogen (secondary N) is 3. The van der Waals surface area contributed by atoms with E-state index in [2.05, 4.69) is 26.2 Å². The molecule has 2 aromatic rings. The molecule has 3 rings (SSSR count). The van der Waals surface area contributed by atoms with E-state index in [-0.39, 0.29) is 5.91 Å². The number of benzene rings is 1. The van der Waals surface area contributed by atoms with Crippen molar-refractivity contribution in [1.29, 1.82) is 5.41 Å². The van der Waals surface area contributed by atoms with E-state index in [1.165, 1.54) is 0 Å². The molecule has 1 fully saturated rings. The molecule has 0 bridgehead atoms. The molecule has 1 aliphatic rings. The van der Waals surface area contributed by atoms with Crippen LogP contribution < -0.4 is 11.1 Å². The first-order chi connectivity index (χ1) is 10.6. The summed E-state index contributed by atoms with van der Waals surface area (Å²) in [7, 11) is 0. The van der Waals surface area contributed by atoms with E-state index in [4.69, 9.17) is 11.1 Å². The summed E-state index contributed by atoms with van der Waals surface area (Å²) in [6.45, 7) is 0. The number of hydrogen-bond acceptors (Lipinski definition) is 3. The Labute approximate surface area is 136 Å². The molecule has 1 aromatic carbocycles. The molecule has 1 aromatic heterocycles. The van der Waals surface area contributed by atoms with Crippen molar-refractivity contribution in [2.24, 2.45) is 5.73 Å². The minimum atomic E-state index is -0.250. The van der Waals surface area contributed by atoms with Crippen LogP contribution >= 0.6 is 15.9 Å². The number of carbonyl (C=O) groups excluding carboxylic acids is 1. The molecule has 0 aliphatic heterocycles. The molecule has 0 radical (unpaired) electrons. The van der Waals surface area contributed by atoms with Gasteiger partial charge in [0.1, 0.15) is 5.82 Å². The fourth-order valence-electron chi connectivity index (χ4n) is 2.79. The van der Waals surface area contributed by atoms with Crippen LogP contribution in [0.2, 0.25) is 0 Å². The summed E-state index contributed by atoms with van der Waals surface area (Å²) >= 11 is 3.38. The Kier molecular flexibility index (Phi) is 4.02. The quantitative estimate of drug-likeness (QED) is 0.660. The maximum atomic E-state index is 12.5. The van der Waals surface area contributed by atoms with Gasteiger partial charge in [-0.25, -0.2) is 0 Å². The first-order valence-corrected chi connectivity index (χ1v) is 8.00. The zero-order valence-corrected chi connectivity index (χ0v) is 13.6. The summed E-state index contributed by atoms with van der Waals surface area (Å²) in [5, 5.41) is 11.5. The van der Waals surface area contributed by atoms with Crippen molar-refractivity contribution in [2.75, 3.05) is 0 Å². The van der Waals surface area contributed by atoms with Crippen molar-refractivity contribution in [3.05, 3.63) is 45.8 Å². The van der Waals surface area contributed by atoms with E-state index in [1.807, 2.05) is 18.2 Å². The van der Waals surface area contributed by atoms with Crippen molar-refractivity contribution in [3.8, 4) is 0 Å². The van der Waals surface area contributed by atoms with Crippen LogP contribution in [0.3, 0.4) is 0 Å². The monoisotopic (exact) mass is 360 g/mol. The molecule has 1 heterocycles. The molecule has 114 valence electrons. The van der Waals surface area contributed by atoms with Gasteiger partial charge in [-0.05, 0) is 59.8 Å². The molecular formula is C16H17BrN4O. The third kappa shape index (κ3) is 2.78. The van der Waals surface area contributed by atoms with E-state index in [9.17, 15) is 4.79 Å². The molecule has 0 saturated heterocycles. The number of allylic oxidation sites excluding steroid dienone is 1. The largest absolute Gasteiger partial charge is 0.385 e. The molecular weight excluding hydrogens is 344 g/mol. The van der Waals surface area contributed by atoms with Crippen LogP contribution in [0.4, 0.5) is 0 Å². The van der Waals surface area contributed by atoms with Gasteiger partial charge in [-0.15, -0.1) is 0 Å². The number of carbonyl (C=O) groups is 1. The van der Waals surface area contributed by atoms with Gasteiger partial charge >= 0.3 is 0 Å². The zero-order valence-electron chi connectivity index (χ0n) is 12.0. The van der Waals surface area contributed by atoms with E-state index >= 15 is 0 Å². The van der Waals surface area contributed by atoms with Gasteiger partial charge in [0, 0.05) is 27.8 Å². The summed E-state index contributed by atoms with van der Waals surface area (Å²) in [5.41, 5.74) is 8.76. The highest BCUT2D eigenvalue weighted by molar-refractivity contribution is 9.10. The summed E-state index contributed by atoms with van der Waals surface area (Å²) < 4.78 is 0.822. The van der Waals surface area contributed by atoms with Crippen molar-refractivity contribution >= 4 is 38.5 Å². The van der Waals surface area contributed by atoms with Crippen LogP contribution in [0.5, 0.6) is 0 Å². The number of rotatable bonds is 2. The van der Waals surface area contributed by atoms with Gasteiger partial charge in [0.2, 0.25) is 0 Å². The Morgan fingerprint density at radius 3 is 2.86 bits per heavy atom. The van der Waals surface area contributed by atoms with Gasteiger partial charge in [0.25, 0.3) is 5.91 Å². The Balaban J connectivity index is 1.90. The highest BCUT2D eigenvalue weighted by Gasteiger charge is 2.18. The number of aromatic nitrogens is 1. The number of hydrogen-bond donors (Lipinski definition) is 4. The number of halogens is 1. The number of amides is 1. The molecule has 6 heteroatoms. The van der Waals surface area contributed by atoms with E-state index in [0.29, 0.717) is 17.1 Å². The number of nitrogens with two attached hydrogens (primary N) is 1. The van der Waals surface area contributed by atoms with Crippen LogP contribution in [0.25, 0.3) is 10.9 Å². The van der Waals surface area contributed by atoms with Crippen LogP contribution in [0.15, 0.2) is 40.3 Å². The Morgan fingerprint density at radius 2 is 2.09 bits per heavy atom. The number of fused-ring (bicyclic) bond motifs is 1. The third-order valence-electron chi connectivity index (χ3n) is 3.92. The lowest BCUT2D eigenvalue weighted by atomic mass is 9.93. The standard InChI is InChI=1S/C16H17BrN4O/c17-14-8-11-9(5-3-7-13(11)20-14)16(22)21-15(19)10-4-1-2-6-12(10)18/h3,5,7-8,18,20H,1-2,4,6,19H2,(H,21,22)/b15-10-,18-12?. The predicted octanol–water partition coefficient (Wildman–Crippen LogP) is 3.42. The van der Waals surface area contributed by atoms with E-state index in [0.717, 1.165) is 46.8 Å². The van der Waals surface area contributed by atoms with Crippen molar-refractivity contribution in [2.45, 2.75) is 25.7 Å². The van der Waals surface area contributed by atoms with Crippen LogP contribution in [-0.4, -0.2) is 16.6 Å². The molecule has 0 atom stereocenters. The lowest BCUT2D eigenvalue weighted by molar-refractivity contribution is 0.0966. The van der Waals surface area contributed by atoms with Crippen molar-refractivity contribution in [1.82, 2.24) is 10.3 Å². The smallest absolute Gasteiger partial charge is 0.257 e. The third-order valence-corrected chi connectivity index (χ3v) is 4.34. The Hall–Kier alpha value is -2.08. The number of H-pyrrole nitrogens is 1. The second-order valence-electron chi connectivity index (χ2n) is 5.42. The lowest BCUT2D eigenvalue weighted by Gasteiger charge is -2.18. The highest BCUT2D eigenvalue weighted by Crippen LogP contribution is 2.24. The van der Waals surface area contributed by atoms with Crippen LogP contribution in [0, 0.1) is 5.41 Å². The van der Waals surface area contributed by atoms with Gasteiger partial charge in [-0.3, -0.25) is 4.79 Å². The van der Waals surface area contributed by atoms with Crippen LogP contribution in [0.1, 0.15) is 36.0 Å². The van der Waals surface area contributed by atoms with E-state index in [1.54, 1.807) is 6.07 Å². The number of aromatic amines is 1. The van der Waals surface area contributed by atoms with E-state index < -0.39 is 0 Å². The molecule has 1 saturated carbocycles. The minimum Gasteiger partial charge on any atom is -0.385 e. The second-order valence-corrected chi connectivity index (χ2v) is 6.27. The topological polar surface area (TPSA) is 94.8 Å². The molecule has 0 unspecified atom stereocenters. The normalized spacial score (nSPS) is 17.6. The average Bonchev–Trinajstić information content (AvgIpc) is 2.87. The molecule has 5 N–H and O–H groups in total. The van der Waals surface area contributed by atoms with Gasteiger partial charge in [-0.2, -0.15) is 0 Å². The molecule has 0 spiro atoms. The van der Waals surface area contributed by atoms with Gasteiger partial charge in [0.05, 0.1) is 4.60 Å². The summed E-state index contributed by atoms with van der Waals surface area (Å²) in [6.07, 6.45) is 3.51. The summed E-state index contributed by atoms with van der Waals surface area (Å²) in [6, 6.07) is 7.38. The second kappa shape index (κ2) is 5.96. The minimum absolute atomic E-state index is 0.250. The van der Waals surface area contributed by atoms with Crippen molar-refractivity contribution < 1.29 is 4.79 Å². The fraction of sp³-hybridized carbons (Fsp3) is 0.250. The molecule has 1 amide bonds. The van der Waals surface area contributed by atoms with Gasteiger partial charge in [-0.1, -0.05) is 6.07 Å². The fourth-order valence-corrected chi connectivity index (χ4v) is 3.23. The van der Waals surface area contributed by atoms with Gasteiger partial charge < -0.3 is 21.4 Å². The lowest BCUT2D eigenvalue weighted by Crippen LogP contribution is -2.31. The predicted molar refractivity (Wildman–Crippen MR) is 90.9 cm³/mol. The SMILES string of the molecule is N=C1CCCC/C1=C(\N)NC(=O)c1cccc2[nH]c(Br)cc12. The first kappa shape index (κ1) is 14.8. The Morgan fingerprint density at radius 1 is 1.32 bits per heavy atom. The summed E-state index contributed by atoms with van der Waals surface area (Å²) in [4.78, 5) is 15.6.